The van der Waals surface area contributed by atoms with Crippen molar-refractivity contribution in [1.29, 1.82) is 5.41 Å². The van der Waals surface area contributed by atoms with E-state index in [1.807, 2.05) is 6.07 Å². The van der Waals surface area contributed by atoms with Crippen LogP contribution in [0.5, 0.6) is 0 Å². The van der Waals surface area contributed by atoms with Gasteiger partial charge in [-0.15, -0.1) is 0 Å². The van der Waals surface area contributed by atoms with Crippen molar-refractivity contribution < 1.29 is 4.74 Å². The average molecular weight is 382 g/mol. The monoisotopic (exact) mass is 381 g/mol. The third-order valence-electron chi connectivity index (χ3n) is 3.81. The van der Waals surface area contributed by atoms with Crippen molar-refractivity contribution in [3.8, 4) is 0 Å². The van der Waals surface area contributed by atoms with Crippen LogP contribution in [0.4, 0.5) is 11.6 Å². The molecule has 25 heavy (non-hydrogen) atoms. The Balaban J connectivity index is 1.75. The van der Waals surface area contributed by atoms with Crippen LogP contribution in [0.3, 0.4) is 0 Å². The quantitative estimate of drug-likeness (QED) is 0.576. The maximum Gasteiger partial charge on any atom is 0.276 e. The Hall–Kier alpha value is -2.09. The predicted molar refractivity (Wildman–Crippen MR) is 99.4 cm³/mol. The third kappa shape index (κ3) is 4.31. The zero-order chi connectivity index (χ0) is 17.8. The molecule has 1 aromatic carbocycles. The van der Waals surface area contributed by atoms with Crippen LogP contribution in [0, 0.1) is 5.41 Å². The van der Waals surface area contributed by atoms with E-state index in [0.717, 1.165) is 18.2 Å². The summed E-state index contributed by atoms with van der Waals surface area (Å²) in [6.45, 7) is 1.60. The first-order valence-electron chi connectivity index (χ1n) is 7.73. The Kier molecular flexibility index (Phi) is 5.57. The zero-order valence-corrected chi connectivity index (χ0v) is 14.7. The molecule has 1 aromatic heterocycles. The van der Waals surface area contributed by atoms with Gasteiger partial charge in [0.15, 0.2) is 0 Å². The number of nitrogens with one attached hydrogen (secondary N) is 4. The molecule has 0 radical (unpaired) electrons. The summed E-state index contributed by atoms with van der Waals surface area (Å²) in [5, 5.41) is 14.6. The highest BCUT2D eigenvalue weighted by molar-refractivity contribution is 6.42. The van der Waals surface area contributed by atoms with E-state index < -0.39 is 0 Å². The van der Waals surface area contributed by atoms with Gasteiger partial charge in [0.1, 0.15) is 11.4 Å². The van der Waals surface area contributed by atoms with Crippen molar-refractivity contribution in [1.82, 2.24) is 9.97 Å². The van der Waals surface area contributed by atoms with E-state index in [9.17, 15) is 4.79 Å². The maximum atomic E-state index is 12.3. The molecule has 1 atom stereocenters. The third-order valence-corrected chi connectivity index (χ3v) is 4.55. The molecule has 7 nitrogen and oxygen atoms in total. The van der Waals surface area contributed by atoms with Gasteiger partial charge in [-0.1, -0.05) is 29.3 Å². The molecule has 1 unspecified atom stereocenters. The van der Waals surface area contributed by atoms with Crippen LogP contribution >= 0.6 is 23.2 Å². The normalized spacial score (nSPS) is 16.6. The van der Waals surface area contributed by atoms with Crippen molar-refractivity contribution in [2.45, 2.75) is 19.0 Å². The SMILES string of the molecule is N=Cc1nc(NCc2ccc(Cl)c(Cl)c2)[nH]c(=O)c1NC1CCOC1. The van der Waals surface area contributed by atoms with E-state index in [1.165, 1.54) is 0 Å². The maximum absolute atomic E-state index is 12.3. The van der Waals surface area contributed by atoms with E-state index in [1.54, 1.807) is 12.1 Å². The second-order valence-corrected chi connectivity index (χ2v) is 6.44. The molecular weight excluding hydrogens is 365 g/mol. The fourth-order valence-corrected chi connectivity index (χ4v) is 2.83. The number of rotatable bonds is 6. The van der Waals surface area contributed by atoms with E-state index in [-0.39, 0.29) is 28.9 Å². The lowest BCUT2D eigenvalue weighted by Gasteiger charge is -2.14. The number of aromatic amines is 1. The van der Waals surface area contributed by atoms with Crippen LogP contribution in [0.1, 0.15) is 17.7 Å². The molecule has 3 rings (SSSR count). The summed E-state index contributed by atoms with van der Waals surface area (Å²) in [6, 6.07) is 5.32. The Labute approximate surface area is 154 Å². The second kappa shape index (κ2) is 7.86. The van der Waals surface area contributed by atoms with Crippen LogP contribution in [-0.4, -0.2) is 35.4 Å². The number of hydrogen-bond donors (Lipinski definition) is 4. The minimum absolute atomic E-state index is 0.0524. The van der Waals surface area contributed by atoms with Gasteiger partial charge in [0.25, 0.3) is 5.56 Å². The van der Waals surface area contributed by atoms with Crippen molar-refractivity contribution in [2.24, 2.45) is 0 Å². The summed E-state index contributed by atoms with van der Waals surface area (Å²) in [5.41, 5.74) is 1.11. The number of nitrogens with zero attached hydrogens (tertiary/aromatic N) is 1. The Bertz CT molecular complexity index is 834. The molecule has 1 aliphatic rings. The van der Waals surface area contributed by atoms with Gasteiger partial charge in [-0.25, -0.2) is 4.98 Å². The number of ether oxygens (including phenoxy) is 1. The minimum Gasteiger partial charge on any atom is -0.379 e. The second-order valence-electron chi connectivity index (χ2n) is 5.63. The lowest BCUT2D eigenvalue weighted by Crippen LogP contribution is -2.27. The Morgan fingerprint density at radius 1 is 1.40 bits per heavy atom. The topological polar surface area (TPSA) is 103 Å². The highest BCUT2D eigenvalue weighted by atomic mass is 35.5. The van der Waals surface area contributed by atoms with Crippen molar-refractivity contribution in [3.63, 3.8) is 0 Å². The summed E-state index contributed by atoms with van der Waals surface area (Å²) in [4.78, 5) is 19.3. The summed E-state index contributed by atoms with van der Waals surface area (Å²) in [5.74, 6) is 0.280. The number of aromatic nitrogens is 2. The van der Waals surface area contributed by atoms with E-state index in [2.05, 4.69) is 20.6 Å². The summed E-state index contributed by atoms with van der Waals surface area (Å²) >= 11 is 11.9. The van der Waals surface area contributed by atoms with E-state index in [0.29, 0.717) is 29.8 Å². The van der Waals surface area contributed by atoms with Crippen LogP contribution in [0.15, 0.2) is 23.0 Å². The summed E-state index contributed by atoms with van der Waals surface area (Å²) in [6.07, 6.45) is 1.87. The highest BCUT2D eigenvalue weighted by Crippen LogP contribution is 2.23. The molecule has 9 heteroatoms. The van der Waals surface area contributed by atoms with Gasteiger partial charge < -0.3 is 20.8 Å². The lowest BCUT2D eigenvalue weighted by molar-refractivity contribution is 0.195. The molecule has 2 aromatic rings. The van der Waals surface area contributed by atoms with Gasteiger partial charge in [-0.3, -0.25) is 9.78 Å². The first-order valence-corrected chi connectivity index (χ1v) is 8.49. The molecule has 132 valence electrons. The molecule has 1 aliphatic heterocycles. The van der Waals surface area contributed by atoms with E-state index >= 15 is 0 Å². The van der Waals surface area contributed by atoms with Crippen LogP contribution < -0.4 is 16.2 Å². The molecule has 4 N–H and O–H groups in total. The molecular formula is C16H17Cl2N5O2. The number of anilines is 2. The molecule has 0 saturated carbocycles. The van der Waals surface area contributed by atoms with Crippen LogP contribution in [0.2, 0.25) is 10.0 Å². The van der Waals surface area contributed by atoms with Gasteiger partial charge in [0.05, 0.1) is 22.7 Å². The van der Waals surface area contributed by atoms with Crippen molar-refractivity contribution in [2.75, 3.05) is 23.8 Å². The zero-order valence-electron chi connectivity index (χ0n) is 13.2. The van der Waals surface area contributed by atoms with E-state index in [4.69, 9.17) is 33.3 Å². The van der Waals surface area contributed by atoms with Crippen molar-refractivity contribution in [3.05, 3.63) is 49.9 Å². The molecule has 0 amide bonds. The minimum atomic E-state index is -0.336. The number of hydrogen-bond acceptors (Lipinski definition) is 6. The fourth-order valence-electron chi connectivity index (χ4n) is 2.51. The summed E-state index contributed by atoms with van der Waals surface area (Å²) in [7, 11) is 0. The largest absolute Gasteiger partial charge is 0.379 e. The summed E-state index contributed by atoms with van der Waals surface area (Å²) < 4.78 is 5.29. The van der Waals surface area contributed by atoms with Gasteiger partial charge in [-0.05, 0) is 24.1 Å². The standard InChI is InChI=1S/C16H17Cl2N5O2/c17-11-2-1-9(5-12(11)18)7-20-16-22-13(6-19)14(15(24)23-16)21-10-3-4-25-8-10/h1-2,5-6,10,19,21H,3-4,7-8H2,(H2,20,22,23,24). The smallest absolute Gasteiger partial charge is 0.276 e. The van der Waals surface area contributed by atoms with Gasteiger partial charge >= 0.3 is 0 Å². The first-order chi connectivity index (χ1) is 12.1. The molecule has 0 aliphatic carbocycles. The van der Waals surface area contributed by atoms with Crippen LogP contribution in [0.25, 0.3) is 0 Å². The van der Waals surface area contributed by atoms with Gasteiger partial charge in [0, 0.05) is 19.4 Å². The highest BCUT2D eigenvalue weighted by Gasteiger charge is 2.19. The Morgan fingerprint density at radius 3 is 2.92 bits per heavy atom. The molecule has 2 heterocycles. The lowest BCUT2D eigenvalue weighted by atomic mass is 10.2. The number of benzene rings is 1. The Morgan fingerprint density at radius 2 is 2.24 bits per heavy atom. The number of H-pyrrole nitrogens is 1. The molecule has 1 saturated heterocycles. The molecule has 1 fully saturated rings. The molecule has 0 spiro atoms. The predicted octanol–water partition coefficient (Wildman–Crippen LogP) is 2.89. The van der Waals surface area contributed by atoms with Crippen molar-refractivity contribution >= 4 is 41.1 Å². The fraction of sp³-hybridized carbons (Fsp3) is 0.312. The first kappa shape index (κ1) is 17.7. The number of halogens is 2. The van der Waals surface area contributed by atoms with Gasteiger partial charge in [0.2, 0.25) is 5.95 Å². The molecule has 0 bridgehead atoms. The van der Waals surface area contributed by atoms with Gasteiger partial charge in [-0.2, -0.15) is 0 Å². The average Bonchev–Trinajstić information content (AvgIpc) is 3.11. The van der Waals surface area contributed by atoms with Crippen LogP contribution in [-0.2, 0) is 11.3 Å².